The molecule has 5 rings (SSSR count). The number of aromatic amines is 1. The summed E-state index contributed by atoms with van der Waals surface area (Å²) in [6.45, 7) is 2.59. The fraction of sp³-hybridized carbons (Fsp3) is 0.208. The lowest BCUT2D eigenvalue weighted by atomic mass is 10.0. The van der Waals surface area contributed by atoms with Crippen molar-refractivity contribution >= 4 is 45.0 Å². The number of nitrogens with one attached hydrogen (secondary N) is 2. The number of amides is 1. The number of fused-ring (bicyclic) bond motifs is 2. The Bertz CT molecular complexity index is 1270. The molecule has 160 valence electrons. The van der Waals surface area contributed by atoms with Gasteiger partial charge in [-0.2, -0.15) is 5.26 Å². The summed E-state index contributed by atoms with van der Waals surface area (Å²) < 4.78 is 0. The van der Waals surface area contributed by atoms with E-state index in [0.717, 1.165) is 42.7 Å². The molecule has 0 fully saturated rings. The molecule has 3 heterocycles. The van der Waals surface area contributed by atoms with E-state index in [0.29, 0.717) is 15.7 Å². The van der Waals surface area contributed by atoms with Crippen molar-refractivity contribution in [2.75, 3.05) is 17.6 Å². The molecule has 1 amide bonds. The van der Waals surface area contributed by atoms with Gasteiger partial charge >= 0.3 is 0 Å². The smallest absolute Gasteiger partial charge is 0.235 e. The number of benzene rings is 2. The molecule has 0 saturated carbocycles. The molecule has 0 atom stereocenters. The number of imidazole rings is 1. The number of rotatable bonds is 6. The first-order chi connectivity index (χ1) is 15.7. The van der Waals surface area contributed by atoms with Crippen LogP contribution in [-0.4, -0.2) is 33.1 Å². The fourth-order valence-electron chi connectivity index (χ4n) is 3.93. The van der Waals surface area contributed by atoms with Crippen molar-refractivity contribution in [3.05, 3.63) is 76.2 Å². The Balaban J connectivity index is 1.24. The monoisotopic (exact) mass is 459 g/mol. The van der Waals surface area contributed by atoms with E-state index in [9.17, 15) is 10.1 Å². The zero-order valence-corrected chi connectivity index (χ0v) is 18.9. The molecule has 6 nitrogen and oxygen atoms in total. The summed E-state index contributed by atoms with van der Waals surface area (Å²) in [5.41, 5.74) is 4.82. The van der Waals surface area contributed by atoms with E-state index in [4.69, 9.17) is 0 Å². The zero-order chi connectivity index (χ0) is 21.9. The normalized spacial score (nSPS) is 13.6. The van der Waals surface area contributed by atoms with Crippen LogP contribution in [0.5, 0.6) is 0 Å². The molecular weight excluding hydrogens is 438 g/mol. The van der Waals surface area contributed by atoms with E-state index in [1.165, 1.54) is 33.5 Å². The lowest BCUT2D eigenvalue weighted by molar-refractivity contribution is -0.113. The molecule has 0 unspecified atom stereocenters. The molecule has 0 radical (unpaired) electrons. The Morgan fingerprint density at radius 3 is 2.84 bits per heavy atom. The minimum absolute atomic E-state index is 0.133. The summed E-state index contributed by atoms with van der Waals surface area (Å²) in [5, 5.41) is 14.1. The number of hydrogen-bond donors (Lipinski definition) is 2. The van der Waals surface area contributed by atoms with Gasteiger partial charge in [-0.15, -0.1) is 11.3 Å². The molecule has 8 heteroatoms. The van der Waals surface area contributed by atoms with Crippen LogP contribution in [0.25, 0.3) is 11.0 Å². The van der Waals surface area contributed by atoms with Crippen molar-refractivity contribution in [2.24, 2.45) is 0 Å². The van der Waals surface area contributed by atoms with E-state index in [2.05, 4.69) is 50.5 Å². The summed E-state index contributed by atoms with van der Waals surface area (Å²) in [4.78, 5) is 23.9. The first kappa shape index (κ1) is 20.8. The topological polar surface area (TPSA) is 84.8 Å². The Hall–Kier alpha value is -3.12. The van der Waals surface area contributed by atoms with Gasteiger partial charge in [0, 0.05) is 24.5 Å². The number of carbonyl (C=O) groups excluding carboxylic acids is 1. The number of thiophene rings is 1. The van der Waals surface area contributed by atoms with Crippen LogP contribution in [0.15, 0.2) is 59.8 Å². The Morgan fingerprint density at radius 1 is 1.22 bits per heavy atom. The second kappa shape index (κ2) is 9.17. The highest BCUT2D eigenvalue weighted by atomic mass is 32.2. The Kier molecular flexibility index (Phi) is 5.95. The third-order valence-corrected chi connectivity index (χ3v) is 7.46. The van der Waals surface area contributed by atoms with E-state index in [1.54, 1.807) is 0 Å². The predicted octanol–water partition coefficient (Wildman–Crippen LogP) is 4.79. The third kappa shape index (κ3) is 4.41. The van der Waals surface area contributed by atoms with Crippen molar-refractivity contribution in [3.63, 3.8) is 0 Å². The fourth-order valence-corrected chi connectivity index (χ4v) is 5.88. The van der Waals surface area contributed by atoms with E-state index in [1.807, 2.05) is 30.3 Å². The molecule has 1 aliphatic heterocycles. The van der Waals surface area contributed by atoms with Crippen molar-refractivity contribution in [2.45, 2.75) is 24.7 Å². The van der Waals surface area contributed by atoms with Crippen LogP contribution < -0.4 is 5.32 Å². The van der Waals surface area contributed by atoms with Crippen LogP contribution in [0.3, 0.4) is 0 Å². The van der Waals surface area contributed by atoms with Crippen molar-refractivity contribution < 1.29 is 4.79 Å². The Labute approximate surface area is 194 Å². The molecule has 0 bridgehead atoms. The minimum atomic E-state index is -0.133. The maximum absolute atomic E-state index is 12.6. The van der Waals surface area contributed by atoms with Gasteiger partial charge in [0.05, 0.1) is 22.3 Å². The number of H-pyrrole nitrogens is 1. The van der Waals surface area contributed by atoms with Crippen LogP contribution in [0.2, 0.25) is 0 Å². The lowest BCUT2D eigenvalue weighted by Gasteiger charge is -2.26. The number of anilines is 1. The molecule has 2 aromatic carbocycles. The van der Waals surface area contributed by atoms with Gasteiger partial charge in [-0.3, -0.25) is 9.69 Å². The van der Waals surface area contributed by atoms with Gasteiger partial charge in [0.1, 0.15) is 11.1 Å². The number of carbonyl (C=O) groups is 1. The van der Waals surface area contributed by atoms with Gasteiger partial charge in [0.2, 0.25) is 5.91 Å². The molecule has 4 aromatic rings. The number of nitrogens with zero attached hydrogens (tertiary/aromatic N) is 3. The van der Waals surface area contributed by atoms with Crippen LogP contribution in [0, 0.1) is 11.3 Å². The number of nitriles is 1. The van der Waals surface area contributed by atoms with Crippen molar-refractivity contribution in [1.82, 2.24) is 14.9 Å². The van der Waals surface area contributed by atoms with Crippen molar-refractivity contribution in [1.29, 1.82) is 5.26 Å². The predicted molar refractivity (Wildman–Crippen MR) is 129 cm³/mol. The quantitative estimate of drug-likeness (QED) is 0.405. The second-order valence-corrected chi connectivity index (χ2v) is 9.73. The molecular formula is C24H21N5OS2. The van der Waals surface area contributed by atoms with E-state index >= 15 is 0 Å². The number of aromatic nitrogens is 2. The SMILES string of the molecule is N#Cc1c(NC(=O)CSc2nc3ccccc3[nH]2)sc2c1CCN(Cc1ccccc1)C2. The molecule has 2 aromatic heterocycles. The average Bonchev–Trinajstić information content (AvgIpc) is 3.38. The van der Waals surface area contributed by atoms with Crippen LogP contribution in [0.1, 0.15) is 21.6 Å². The highest BCUT2D eigenvalue weighted by Crippen LogP contribution is 2.37. The number of hydrogen-bond acceptors (Lipinski definition) is 6. The second-order valence-electron chi connectivity index (χ2n) is 7.66. The zero-order valence-electron chi connectivity index (χ0n) is 17.3. The molecule has 1 aliphatic rings. The number of thioether (sulfide) groups is 1. The molecule has 0 saturated heterocycles. The van der Waals surface area contributed by atoms with Crippen LogP contribution in [0.4, 0.5) is 5.00 Å². The third-order valence-electron chi connectivity index (χ3n) is 5.46. The highest BCUT2D eigenvalue weighted by molar-refractivity contribution is 7.99. The summed E-state index contributed by atoms with van der Waals surface area (Å²) in [6.07, 6.45) is 0.825. The molecule has 0 spiro atoms. The lowest BCUT2D eigenvalue weighted by Crippen LogP contribution is -2.29. The van der Waals surface area contributed by atoms with Crippen LogP contribution in [-0.2, 0) is 24.3 Å². The maximum atomic E-state index is 12.6. The summed E-state index contributed by atoms with van der Waals surface area (Å²) in [5.74, 6) is 0.0969. The van der Waals surface area contributed by atoms with Gasteiger partial charge in [-0.1, -0.05) is 54.2 Å². The summed E-state index contributed by atoms with van der Waals surface area (Å²) in [7, 11) is 0. The van der Waals surface area contributed by atoms with Gasteiger partial charge in [-0.25, -0.2) is 4.98 Å². The maximum Gasteiger partial charge on any atom is 0.235 e. The summed E-state index contributed by atoms with van der Waals surface area (Å²) >= 11 is 2.88. The molecule has 0 aliphatic carbocycles. The Morgan fingerprint density at radius 2 is 2.03 bits per heavy atom. The number of para-hydroxylation sites is 2. The molecule has 2 N–H and O–H groups in total. The van der Waals surface area contributed by atoms with Crippen LogP contribution >= 0.6 is 23.1 Å². The molecule has 32 heavy (non-hydrogen) atoms. The van der Waals surface area contributed by atoms with Gasteiger partial charge in [0.25, 0.3) is 0 Å². The van der Waals surface area contributed by atoms with Gasteiger partial charge in [0.15, 0.2) is 5.16 Å². The van der Waals surface area contributed by atoms with E-state index < -0.39 is 0 Å². The summed E-state index contributed by atoms with van der Waals surface area (Å²) in [6, 6.07) is 20.5. The first-order valence-electron chi connectivity index (χ1n) is 10.4. The first-order valence-corrected chi connectivity index (χ1v) is 12.2. The van der Waals surface area contributed by atoms with E-state index in [-0.39, 0.29) is 11.7 Å². The highest BCUT2D eigenvalue weighted by Gasteiger charge is 2.25. The van der Waals surface area contributed by atoms with Gasteiger partial charge in [-0.05, 0) is 29.7 Å². The largest absolute Gasteiger partial charge is 0.333 e. The average molecular weight is 460 g/mol. The standard InChI is InChI=1S/C24H21N5OS2/c25-12-18-17-10-11-29(13-16-6-2-1-3-7-16)14-21(17)32-23(18)28-22(30)15-31-24-26-19-8-4-5-9-20(19)27-24/h1-9H,10-11,13-15H2,(H,26,27)(H,28,30). The van der Waals surface area contributed by atoms with Crippen molar-refractivity contribution in [3.8, 4) is 6.07 Å². The minimum Gasteiger partial charge on any atom is -0.333 e. The van der Waals surface area contributed by atoms with Gasteiger partial charge < -0.3 is 10.3 Å².